The lowest BCUT2D eigenvalue weighted by molar-refractivity contribution is -0.0297. The fourth-order valence-corrected chi connectivity index (χ4v) is 1.94. The Morgan fingerprint density at radius 1 is 0.786 bits per heavy atom. The average molecular weight is 411 g/mol. The Bertz CT molecular complexity index is 364. The number of amides is 2. The molecule has 28 heavy (non-hydrogen) atoms. The number of carbonyl (C=O) groups is 2. The lowest BCUT2D eigenvalue weighted by atomic mass is 10.3. The van der Waals surface area contributed by atoms with Gasteiger partial charge in [-0.3, -0.25) is 0 Å². The number of nitrogens with one attached hydrogen (secondary N) is 3. The van der Waals surface area contributed by atoms with E-state index in [1.54, 1.807) is 19.8 Å². The Kier molecular flexibility index (Phi) is 18.8. The van der Waals surface area contributed by atoms with E-state index in [-0.39, 0.29) is 19.8 Å². The van der Waals surface area contributed by atoms with E-state index in [1.165, 1.54) is 0 Å². The Morgan fingerprint density at radius 3 is 1.79 bits per heavy atom. The van der Waals surface area contributed by atoms with Crippen LogP contribution in [0.4, 0.5) is 14.1 Å². The Hall–Kier alpha value is -1.69. The molecule has 0 atom stereocenters. The van der Waals surface area contributed by atoms with Gasteiger partial charge in [0.25, 0.3) is 0 Å². The summed E-state index contributed by atoms with van der Waals surface area (Å²) in [7, 11) is 3.16. The fourth-order valence-electron chi connectivity index (χ4n) is 1.94. The van der Waals surface area contributed by atoms with Gasteiger partial charge < -0.3 is 34.3 Å². The molecule has 0 unspecified atom stereocenters. The van der Waals surface area contributed by atoms with Crippen molar-refractivity contribution in [3.05, 3.63) is 0 Å². The number of rotatable bonds is 18. The van der Waals surface area contributed by atoms with Crippen LogP contribution in [-0.2, 0) is 23.7 Å². The van der Waals surface area contributed by atoms with Gasteiger partial charge in [0.15, 0.2) is 0 Å². The summed E-state index contributed by atoms with van der Waals surface area (Å²) in [6.45, 7) is 2.32. The van der Waals surface area contributed by atoms with Crippen LogP contribution in [0.5, 0.6) is 0 Å². The Labute approximate surface area is 165 Å². The quantitative estimate of drug-likeness (QED) is 0.227. The van der Waals surface area contributed by atoms with Crippen LogP contribution in [0.15, 0.2) is 0 Å². The maximum absolute atomic E-state index is 11.9. The van der Waals surface area contributed by atoms with Crippen molar-refractivity contribution in [1.82, 2.24) is 16.2 Å². The summed E-state index contributed by atoms with van der Waals surface area (Å²) in [5.41, 5.74) is 1.56. The number of methoxy groups -OCH3 is 2. The standard InChI is InChI=1S/C17H34FN3O7/c1-24-10-5-7-19-16(22)27-13-15(26-12-4-3-9-21-18)14-28-17(23)20-8-6-11-25-2/h15,21H,3-14H2,1-2H3,(H,19,22)(H,20,23). The zero-order valence-electron chi connectivity index (χ0n) is 16.8. The van der Waals surface area contributed by atoms with E-state index in [2.05, 4.69) is 10.6 Å². The van der Waals surface area contributed by atoms with Gasteiger partial charge in [0, 0.05) is 53.7 Å². The minimum atomic E-state index is -0.618. The van der Waals surface area contributed by atoms with Crippen molar-refractivity contribution >= 4 is 12.2 Å². The fraction of sp³-hybridized carbons (Fsp3) is 0.882. The van der Waals surface area contributed by atoms with Gasteiger partial charge in [0.1, 0.15) is 19.3 Å². The molecule has 0 aromatic rings. The average Bonchev–Trinajstić information content (AvgIpc) is 2.69. The first-order chi connectivity index (χ1) is 13.6. The summed E-state index contributed by atoms with van der Waals surface area (Å²) in [5, 5.41) is 5.17. The second kappa shape index (κ2) is 20.1. The van der Waals surface area contributed by atoms with Crippen molar-refractivity contribution in [2.75, 3.05) is 66.9 Å². The van der Waals surface area contributed by atoms with Gasteiger partial charge in [-0.15, -0.1) is 4.48 Å². The molecule has 0 heterocycles. The highest BCUT2D eigenvalue weighted by atomic mass is 19.2. The van der Waals surface area contributed by atoms with Gasteiger partial charge in [0.2, 0.25) is 0 Å². The molecule has 0 fully saturated rings. The molecule has 0 aliphatic carbocycles. The Balaban J connectivity index is 4.14. The molecule has 2 amide bonds. The van der Waals surface area contributed by atoms with E-state index in [0.717, 1.165) is 0 Å². The molecule has 0 radical (unpaired) electrons. The van der Waals surface area contributed by atoms with E-state index in [4.69, 9.17) is 23.7 Å². The van der Waals surface area contributed by atoms with E-state index in [1.807, 2.05) is 0 Å². The highest BCUT2D eigenvalue weighted by molar-refractivity contribution is 5.67. The zero-order valence-corrected chi connectivity index (χ0v) is 16.8. The summed E-state index contributed by atoms with van der Waals surface area (Å²) in [4.78, 5) is 23.3. The second-order valence-corrected chi connectivity index (χ2v) is 5.83. The lowest BCUT2D eigenvalue weighted by Gasteiger charge is -2.18. The molecule has 0 saturated carbocycles. The van der Waals surface area contributed by atoms with Gasteiger partial charge in [-0.25, -0.2) is 9.59 Å². The molecule has 10 nitrogen and oxygen atoms in total. The summed E-state index contributed by atoms with van der Waals surface area (Å²) in [6, 6.07) is 0. The first kappa shape index (κ1) is 26.3. The normalized spacial score (nSPS) is 10.7. The van der Waals surface area contributed by atoms with Gasteiger partial charge >= 0.3 is 12.2 Å². The van der Waals surface area contributed by atoms with E-state index in [9.17, 15) is 14.1 Å². The largest absolute Gasteiger partial charge is 0.447 e. The third kappa shape index (κ3) is 17.7. The van der Waals surface area contributed by atoms with Crippen LogP contribution >= 0.6 is 0 Å². The molecule has 0 aliphatic heterocycles. The molecule has 0 aromatic carbocycles. The number of hydrogen-bond donors (Lipinski definition) is 3. The second-order valence-electron chi connectivity index (χ2n) is 5.83. The SMILES string of the molecule is COCCCNC(=O)OCC(COC(=O)NCCCOC)OCCCCNF. The number of hydrogen-bond acceptors (Lipinski definition) is 8. The van der Waals surface area contributed by atoms with Crippen LogP contribution in [0.3, 0.4) is 0 Å². The first-order valence-corrected chi connectivity index (χ1v) is 9.38. The van der Waals surface area contributed by atoms with Gasteiger partial charge in [-0.1, -0.05) is 0 Å². The van der Waals surface area contributed by atoms with Crippen LogP contribution < -0.4 is 16.2 Å². The van der Waals surface area contributed by atoms with Gasteiger partial charge in [-0.05, 0) is 25.7 Å². The van der Waals surface area contributed by atoms with Crippen LogP contribution in [0.25, 0.3) is 0 Å². The van der Waals surface area contributed by atoms with Crippen molar-refractivity contribution in [1.29, 1.82) is 0 Å². The minimum Gasteiger partial charge on any atom is -0.447 e. The number of unbranched alkanes of at least 4 members (excludes halogenated alkanes) is 1. The molecule has 0 bridgehead atoms. The number of carbonyl (C=O) groups excluding carboxylic acids is 2. The predicted molar refractivity (Wildman–Crippen MR) is 99.8 cm³/mol. The van der Waals surface area contributed by atoms with E-state index in [0.29, 0.717) is 58.6 Å². The molecule has 0 aromatic heterocycles. The minimum absolute atomic E-state index is 0.0750. The van der Waals surface area contributed by atoms with Crippen LogP contribution in [-0.4, -0.2) is 85.2 Å². The number of alkyl carbamates (subject to hydrolysis) is 2. The van der Waals surface area contributed by atoms with E-state index >= 15 is 0 Å². The summed E-state index contributed by atoms with van der Waals surface area (Å²) < 4.78 is 37.4. The number of ether oxygens (including phenoxy) is 5. The van der Waals surface area contributed by atoms with Crippen molar-refractivity contribution in [2.45, 2.75) is 31.8 Å². The highest BCUT2D eigenvalue weighted by Gasteiger charge is 2.15. The molecule has 0 aliphatic rings. The molecule has 0 rings (SSSR count). The predicted octanol–water partition coefficient (Wildman–Crippen LogP) is 1.15. The Morgan fingerprint density at radius 2 is 1.32 bits per heavy atom. The van der Waals surface area contributed by atoms with Crippen molar-refractivity contribution in [3.63, 3.8) is 0 Å². The summed E-state index contributed by atoms with van der Waals surface area (Å²) in [5.74, 6) is 0. The number of halogens is 1. The molecule has 166 valence electrons. The lowest BCUT2D eigenvalue weighted by Crippen LogP contribution is -2.35. The topological polar surface area (TPSA) is 116 Å². The third-order valence-electron chi connectivity index (χ3n) is 3.41. The first-order valence-electron chi connectivity index (χ1n) is 9.38. The third-order valence-corrected chi connectivity index (χ3v) is 3.41. The van der Waals surface area contributed by atoms with Gasteiger partial charge in [0.05, 0.1) is 0 Å². The monoisotopic (exact) mass is 411 g/mol. The van der Waals surface area contributed by atoms with Crippen LogP contribution in [0, 0.1) is 0 Å². The molecule has 3 N–H and O–H groups in total. The molecule has 11 heteroatoms. The van der Waals surface area contributed by atoms with E-state index < -0.39 is 18.3 Å². The molecule has 0 spiro atoms. The molecular weight excluding hydrogens is 377 g/mol. The summed E-state index contributed by atoms with van der Waals surface area (Å²) >= 11 is 0. The highest BCUT2D eigenvalue weighted by Crippen LogP contribution is 2.00. The zero-order chi connectivity index (χ0) is 20.9. The van der Waals surface area contributed by atoms with Crippen molar-refractivity contribution < 1.29 is 37.8 Å². The van der Waals surface area contributed by atoms with Gasteiger partial charge in [-0.2, -0.15) is 5.54 Å². The van der Waals surface area contributed by atoms with Crippen molar-refractivity contribution in [2.24, 2.45) is 0 Å². The molecular formula is C17H34FN3O7. The van der Waals surface area contributed by atoms with Crippen molar-refractivity contribution in [3.8, 4) is 0 Å². The van der Waals surface area contributed by atoms with Crippen LogP contribution in [0.1, 0.15) is 25.7 Å². The maximum Gasteiger partial charge on any atom is 0.407 e. The summed E-state index contributed by atoms with van der Waals surface area (Å²) in [6.07, 6.45) is 0.740. The molecule has 0 saturated heterocycles. The maximum atomic E-state index is 11.9. The van der Waals surface area contributed by atoms with Crippen LogP contribution in [0.2, 0.25) is 0 Å². The smallest absolute Gasteiger partial charge is 0.407 e.